The molecule has 19 heavy (non-hydrogen) atoms. The van der Waals surface area contributed by atoms with Crippen LogP contribution in [0.4, 0.5) is 0 Å². The Labute approximate surface area is 114 Å². The molecular weight excluding hydrogens is 256 g/mol. The van der Waals surface area contributed by atoms with Crippen LogP contribution in [-0.2, 0) is 6.42 Å². The van der Waals surface area contributed by atoms with Crippen LogP contribution in [-0.4, -0.2) is 27.2 Å². The molecule has 4 rings (SSSR count). The van der Waals surface area contributed by atoms with Crippen molar-refractivity contribution in [2.45, 2.75) is 13.3 Å². The average Bonchev–Trinajstić information content (AvgIpc) is 3.03. The van der Waals surface area contributed by atoms with Crippen LogP contribution in [0.25, 0.3) is 10.2 Å². The van der Waals surface area contributed by atoms with Crippen molar-refractivity contribution < 1.29 is 0 Å². The van der Waals surface area contributed by atoms with Gasteiger partial charge in [-0.2, -0.15) is 0 Å². The lowest BCUT2D eigenvalue weighted by Crippen LogP contribution is -2.13. The molecular formula is C14H12N4S. The third-order valence-corrected chi connectivity index (χ3v) is 4.35. The zero-order valence-electron chi connectivity index (χ0n) is 10.5. The van der Waals surface area contributed by atoms with E-state index in [2.05, 4.69) is 45.1 Å². The molecule has 0 bridgehead atoms. The van der Waals surface area contributed by atoms with Crippen molar-refractivity contribution in [1.29, 1.82) is 0 Å². The largest absolute Gasteiger partial charge is 0.348 e. The van der Waals surface area contributed by atoms with E-state index in [1.165, 1.54) is 16.0 Å². The van der Waals surface area contributed by atoms with Gasteiger partial charge in [0.15, 0.2) is 0 Å². The predicted octanol–water partition coefficient (Wildman–Crippen LogP) is 2.72. The maximum atomic E-state index is 4.69. The molecule has 2 aromatic heterocycles. The highest BCUT2D eigenvalue weighted by atomic mass is 32.1. The van der Waals surface area contributed by atoms with Gasteiger partial charge in [0.25, 0.3) is 0 Å². The monoisotopic (exact) mass is 268 g/mol. The fourth-order valence-electron chi connectivity index (χ4n) is 2.37. The molecule has 94 valence electrons. The van der Waals surface area contributed by atoms with Gasteiger partial charge in [-0.1, -0.05) is 6.07 Å². The van der Waals surface area contributed by atoms with Gasteiger partial charge in [-0.15, -0.1) is 11.3 Å². The van der Waals surface area contributed by atoms with Crippen LogP contribution in [0, 0.1) is 6.92 Å². The minimum absolute atomic E-state index is 0.805. The lowest BCUT2D eigenvalue weighted by Gasteiger charge is -2.08. The second kappa shape index (κ2) is 3.99. The van der Waals surface area contributed by atoms with E-state index in [0.717, 1.165) is 34.9 Å². The summed E-state index contributed by atoms with van der Waals surface area (Å²) in [6.45, 7) is 2.91. The summed E-state index contributed by atoms with van der Waals surface area (Å²) in [4.78, 5) is 16.9. The lowest BCUT2D eigenvalue weighted by atomic mass is 10.1. The number of fused-ring (bicyclic) bond motifs is 2. The Kier molecular flexibility index (Phi) is 2.29. The van der Waals surface area contributed by atoms with E-state index in [1.54, 1.807) is 17.7 Å². The molecule has 3 heterocycles. The second-order valence-electron chi connectivity index (χ2n) is 4.70. The van der Waals surface area contributed by atoms with Gasteiger partial charge in [0.05, 0.1) is 16.5 Å². The standard InChI is InChI=1S/C14H12N4S/c1-8-2-3-9-11(6-8)19-14(18-9)13-12-10(4-5-15-13)16-7-17-12/h2-3,6-7H,4-5H2,1H3,(H,16,17). The Morgan fingerprint density at radius 1 is 1.32 bits per heavy atom. The molecule has 5 heteroatoms. The summed E-state index contributed by atoms with van der Waals surface area (Å²) >= 11 is 1.69. The van der Waals surface area contributed by atoms with Gasteiger partial charge < -0.3 is 4.98 Å². The Morgan fingerprint density at radius 2 is 2.26 bits per heavy atom. The summed E-state index contributed by atoms with van der Waals surface area (Å²) < 4.78 is 1.21. The SMILES string of the molecule is Cc1ccc2nc(C3=NCCc4[nH]cnc43)sc2c1. The summed E-state index contributed by atoms with van der Waals surface area (Å²) in [5.41, 5.74) is 5.36. The number of aliphatic imine (C=N–C) groups is 1. The van der Waals surface area contributed by atoms with Gasteiger partial charge in [0.1, 0.15) is 16.4 Å². The first-order valence-corrected chi connectivity index (χ1v) is 7.07. The van der Waals surface area contributed by atoms with E-state index < -0.39 is 0 Å². The molecule has 1 aliphatic heterocycles. The highest BCUT2D eigenvalue weighted by molar-refractivity contribution is 7.20. The second-order valence-corrected chi connectivity index (χ2v) is 5.73. The van der Waals surface area contributed by atoms with Crippen LogP contribution in [0.5, 0.6) is 0 Å². The first kappa shape index (κ1) is 10.9. The zero-order chi connectivity index (χ0) is 12.8. The van der Waals surface area contributed by atoms with Crippen LogP contribution in [0.3, 0.4) is 0 Å². The van der Waals surface area contributed by atoms with Gasteiger partial charge in [-0.3, -0.25) is 4.99 Å². The molecule has 0 unspecified atom stereocenters. The number of rotatable bonds is 1. The van der Waals surface area contributed by atoms with Gasteiger partial charge in [0, 0.05) is 18.7 Å². The van der Waals surface area contributed by atoms with Gasteiger partial charge in [-0.05, 0) is 24.6 Å². The summed E-state index contributed by atoms with van der Waals surface area (Å²) in [6, 6.07) is 6.33. The number of H-pyrrole nitrogens is 1. The molecule has 1 aliphatic rings. The van der Waals surface area contributed by atoms with Crippen molar-refractivity contribution in [3.05, 3.63) is 46.5 Å². The van der Waals surface area contributed by atoms with E-state index in [-0.39, 0.29) is 0 Å². The fraction of sp³-hybridized carbons (Fsp3) is 0.214. The van der Waals surface area contributed by atoms with Crippen molar-refractivity contribution >= 4 is 27.3 Å². The first-order chi connectivity index (χ1) is 9.31. The van der Waals surface area contributed by atoms with Crippen LogP contribution in [0.15, 0.2) is 29.5 Å². The number of thiazole rings is 1. The number of hydrogen-bond donors (Lipinski definition) is 1. The molecule has 0 fully saturated rings. The molecule has 0 saturated carbocycles. The highest BCUT2D eigenvalue weighted by Crippen LogP contribution is 2.26. The van der Waals surface area contributed by atoms with E-state index in [1.807, 2.05) is 0 Å². The van der Waals surface area contributed by atoms with Crippen molar-refractivity contribution in [2.75, 3.05) is 6.54 Å². The topological polar surface area (TPSA) is 53.9 Å². The number of aromatic amines is 1. The molecule has 0 amide bonds. The first-order valence-electron chi connectivity index (χ1n) is 6.26. The molecule has 0 atom stereocenters. The van der Waals surface area contributed by atoms with E-state index >= 15 is 0 Å². The smallest absolute Gasteiger partial charge is 0.144 e. The van der Waals surface area contributed by atoms with Gasteiger partial charge >= 0.3 is 0 Å². The predicted molar refractivity (Wildman–Crippen MR) is 77.2 cm³/mol. The number of nitrogens with one attached hydrogen (secondary N) is 1. The van der Waals surface area contributed by atoms with E-state index in [9.17, 15) is 0 Å². The van der Waals surface area contributed by atoms with Crippen LogP contribution < -0.4 is 0 Å². The Bertz CT molecular complexity index is 797. The molecule has 3 aromatic rings. The van der Waals surface area contributed by atoms with Crippen LogP contribution >= 0.6 is 11.3 Å². The summed E-state index contributed by atoms with van der Waals surface area (Å²) in [5, 5.41) is 0.966. The fourth-order valence-corrected chi connectivity index (χ4v) is 3.45. The quantitative estimate of drug-likeness (QED) is 0.737. The number of aromatic nitrogens is 3. The number of benzene rings is 1. The normalized spacial score (nSPS) is 14.5. The molecule has 0 spiro atoms. The number of hydrogen-bond acceptors (Lipinski definition) is 4. The summed E-state index contributed by atoms with van der Waals surface area (Å²) in [5.74, 6) is 0. The molecule has 0 saturated heterocycles. The van der Waals surface area contributed by atoms with Gasteiger partial charge in [-0.25, -0.2) is 9.97 Å². The van der Waals surface area contributed by atoms with Gasteiger partial charge in [0.2, 0.25) is 0 Å². The van der Waals surface area contributed by atoms with E-state index in [0.29, 0.717) is 0 Å². The molecule has 0 aliphatic carbocycles. The number of imidazole rings is 1. The minimum Gasteiger partial charge on any atom is -0.348 e. The van der Waals surface area contributed by atoms with Crippen LogP contribution in [0.1, 0.15) is 22.0 Å². The Balaban J connectivity index is 1.89. The highest BCUT2D eigenvalue weighted by Gasteiger charge is 2.21. The zero-order valence-corrected chi connectivity index (χ0v) is 11.3. The third kappa shape index (κ3) is 1.69. The molecule has 4 nitrogen and oxygen atoms in total. The number of nitrogens with zero attached hydrogens (tertiary/aromatic N) is 3. The van der Waals surface area contributed by atoms with Crippen molar-refractivity contribution in [1.82, 2.24) is 15.0 Å². The average molecular weight is 268 g/mol. The summed E-state index contributed by atoms with van der Waals surface area (Å²) in [7, 11) is 0. The molecule has 1 aromatic carbocycles. The van der Waals surface area contributed by atoms with Crippen molar-refractivity contribution in [2.24, 2.45) is 4.99 Å². The molecule has 0 radical (unpaired) electrons. The van der Waals surface area contributed by atoms with Crippen LogP contribution in [0.2, 0.25) is 0 Å². The lowest BCUT2D eigenvalue weighted by molar-refractivity contribution is 0.911. The maximum Gasteiger partial charge on any atom is 0.144 e. The van der Waals surface area contributed by atoms with E-state index in [4.69, 9.17) is 0 Å². The minimum atomic E-state index is 0.805. The van der Waals surface area contributed by atoms with Crippen molar-refractivity contribution in [3.63, 3.8) is 0 Å². The maximum absolute atomic E-state index is 4.69. The molecule has 1 N–H and O–H groups in total. The van der Waals surface area contributed by atoms with Crippen molar-refractivity contribution in [3.8, 4) is 0 Å². The summed E-state index contributed by atoms with van der Waals surface area (Å²) in [6.07, 6.45) is 2.67. The Hall–Kier alpha value is -2.01. The third-order valence-electron chi connectivity index (χ3n) is 3.32. The Morgan fingerprint density at radius 3 is 3.21 bits per heavy atom. The number of aryl methyl sites for hydroxylation is 1.